The second-order valence-corrected chi connectivity index (χ2v) is 4.70. The number of hydrogen-bond donors (Lipinski definition) is 1. The second kappa shape index (κ2) is 6.07. The minimum absolute atomic E-state index is 0.251. The number of nitrogens with one attached hydrogen (secondary N) is 1. The van der Waals surface area contributed by atoms with Gasteiger partial charge in [0.15, 0.2) is 0 Å². The van der Waals surface area contributed by atoms with Crippen molar-refractivity contribution in [1.29, 1.82) is 0 Å². The van der Waals surface area contributed by atoms with Gasteiger partial charge in [0.1, 0.15) is 5.54 Å². The van der Waals surface area contributed by atoms with Crippen LogP contribution in [-0.2, 0) is 15.1 Å². The van der Waals surface area contributed by atoms with E-state index >= 15 is 0 Å². The summed E-state index contributed by atoms with van der Waals surface area (Å²) in [5.74, 6) is -0.251. The molecular formula is C13H19NO2S. The molecule has 17 heavy (non-hydrogen) atoms. The topological polar surface area (TPSA) is 38.3 Å². The van der Waals surface area contributed by atoms with Crippen LogP contribution < -0.4 is 5.32 Å². The number of carbonyl (C=O) groups excluding carboxylic acids is 1. The molecule has 0 saturated heterocycles. The first kappa shape index (κ1) is 14.1. The van der Waals surface area contributed by atoms with Gasteiger partial charge in [0.2, 0.25) is 0 Å². The molecule has 1 rings (SSSR count). The van der Waals surface area contributed by atoms with Gasteiger partial charge in [0.25, 0.3) is 0 Å². The molecule has 1 unspecified atom stereocenters. The van der Waals surface area contributed by atoms with E-state index in [1.165, 1.54) is 4.90 Å². The van der Waals surface area contributed by atoms with Crippen molar-refractivity contribution in [2.24, 2.45) is 0 Å². The van der Waals surface area contributed by atoms with E-state index in [0.717, 1.165) is 5.56 Å². The van der Waals surface area contributed by atoms with Gasteiger partial charge in [-0.3, -0.25) is 0 Å². The van der Waals surface area contributed by atoms with Gasteiger partial charge in [-0.1, -0.05) is 12.1 Å². The molecule has 0 amide bonds. The number of hydrogen-bond acceptors (Lipinski definition) is 4. The molecule has 0 aliphatic rings. The van der Waals surface area contributed by atoms with Crippen molar-refractivity contribution in [2.75, 3.05) is 19.9 Å². The van der Waals surface area contributed by atoms with Crippen molar-refractivity contribution >= 4 is 17.7 Å². The van der Waals surface area contributed by atoms with Crippen LogP contribution in [0, 0.1) is 0 Å². The largest absolute Gasteiger partial charge is 0.464 e. The Labute approximate surface area is 107 Å². The summed E-state index contributed by atoms with van der Waals surface area (Å²) in [5.41, 5.74) is 0.128. The standard InChI is InChI=1S/C13H19NO2S/c1-5-16-12(15)13(2,14-3)10-6-8-11(17-4)9-7-10/h6-9,14H,5H2,1-4H3. The quantitative estimate of drug-likeness (QED) is 0.646. The highest BCUT2D eigenvalue weighted by molar-refractivity contribution is 7.98. The Bertz CT molecular complexity index is 378. The van der Waals surface area contributed by atoms with E-state index in [4.69, 9.17) is 4.74 Å². The number of carbonyl (C=O) groups is 1. The lowest BCUT2D eigenvalue weighted by atomic mass is 9.92. The summed E-state index contributed by atoms with van der Waals surface area (Å²) in [5, 5.41) is 3.04. The van der Waals surface area contributed by atoms with E-state index < -0.39 is 5.54 Å². The molecule has 0 saturated carbocycles. The van der Waals surface area contributed by atoms with Gasteiger partial charge >= 0.3 is 5.97 Å². The van der Waals surface area contributed by atoms with Crippen LogP contribution in [0.1, 0.15) is 19.4 Å². The van der Waals surface area contributed by atoms with Crippen molar-refractivity contribution in [3.63, 3.8) is 0 Å². The lowest BCUT2D eigenvalue weighted by Gasteiger charge is -2.27. The number of esters is 1. The van der Waals surface area contributed by atoms with Crippen LogP contribution in [0.25, 0.3) is 0 Å². The van der Waals surface area contributed by atoms with Gasteiger partial charge in [0.05, 0.1) is 6.61 Å². The number of likely N-dealkylation sites (N-methyl/N-ethyl adjacent to an activating group) is 1. The fraction of sp³-hybridized carbons (Fsp3) is 0.462. The Morgan fingerprint density at radius 2 is 2.00 bits per heavy atom. The molecule has 0 radical (unpaired) electrons. The van der Waals surface area contributed by atoms with E-state index in [1.807, 2.05) is 44.4 Å². The lowest BCUT2D eigenvalue weighted by molar-refractivity contribution is -0.150. The Balaban J connectivity index is 3.02. The van der Waals surface area contributed by atoms with E-state index in [2.05, 4.69) is 5.32 Å². The maximum atomic E-state index is 12.0. The average Bonchev–Trinajstić information content (AvgIpc) is 2.38. The minimum atomic E-state index is -0.785. The highest BCUT2D eigenvalue weighted by atomic mass is 32.2. The predicted octanol–water partition coefficient (Wildman–Crippen LogP) is 2.41. The first-order chi connectivity index (χ1) is 8.08. The van der Waals surface area contributed by atoms with E-state index in [-0.39, 0.29) is 5.97 Å². The van der Waals surface area contributed by atoms with Crippen molar-refractivity contribution < 1.29 is 9.53 Å². The molecule has 0 fully saturated rings. The molecule has 1 atom stereocenters. The lowest BCUT2D eigenvalue weighted by Crippen LogP contribution is -2.45. The molecular weight excluding hydrogens is 234 g/mol. The molecule has 0 bridgehead atoms. The number of thioether (sulfide) groups is 1. The SMILES string of the molecule is CCOC(=O)C(C)(NC)c1ccc(SC)cc1. The van der Waals surface area contributed by atoms with Crippen molar-refractivity contribution in [2.45, 2.75) is 24.3 Å². The van der Waals surface area contributed by atoms with Gasteiger partial charge in [-0.05, 0) is 44.8 Å². The zero-order valence-electron chi connectivity index (χ0n) is 10.7. The van der Waals surface area contributed by atoms with Gasteiger partial charge in [0, 0.05) is 4.90 Å². The molecule has 0 aliphatic heterocycles. The van der Waals surface area contributed by atoms with Crippen molar-refractivity contribution in [3.05, 3.63) is 29.8 Å². The molecule has 94 valence electrons. The van der Waals surface area contributed by atoms with Crippen LogP contribution in [0.3, 0.4) is 0 Å². The van der Waals surface area contributed by atoms with E-state index in [0.29, 0.717) is 6.61 Å². The number of rotatable bonds is 5. The molecule has 0 aromatic heterocycles. The van der Waals surface area contributed by atoms with Crippen LogP contribution in [0.15, 0.2) is 29.2 Å². The van der Waals surface area contributed by atoms with Crippen LogP contribution in [-0.4, -0.2) is 25.9 Å². The van der Waals surface area contributed by atoms with Crippen molar-refractivity contribution in [3.8, 4) is 0 Å². The Kier molecular flexibility index (Phi) is 5.02. The summed E-state index contributed by atoms with van der Waals surface area (Å²) >= 11 is 1.68. The summed E-state index contributed by atoms with van der Waals surface area (Å²) in [6.45, 7) is 4.03. The van der Waals surface area contributed by atoms with Crippen LogP contribution in [0.5, 0.6) is 0 Å². The van der Waals surface area contributed by atoms with E-state index in [9.17, 15) is 4.79 Å². The van der Waals surface area contributed by atoms with Crippen molar-refractivity contribution in [1.82, 2.24) is 5.32 Å². The summed E-state index contributed by atoms with van der Waals surface area (Å²) in [6.07, 6.45) is 2.03. The summed E-state index contributed by atoms with van der Waals surface area (Å²) < 4.78 is 5.10. The molecule has 1 aromatic rings. The third-order valence-electron chi connectivity index (χ3n) is 2.85. The van der Waals surface area contributed by atoms with Crippen LogP contribution >= 0.6 is 11.8 Å². The van der Waals surface area contributed by atoms with Gasteiger partial charge in [-0.25, -0.2) is 4.79 Å². The Hall–Kier alpha value is -1.00. The fourth-order valence-corrected chi connectivity index (χ4v) is 1.97. The smallest absolute Gasteiger partial charge is 0.330 e. The normalized spacial score (nSPS) is 14.1. The maximum Gasteiger partial charge on any atom is 0.330 e. The van der Waals surface area contributed by atoms with E-state index in [1.54, 1.807) is 18.8 Å². The minimum Gasteiger partial charge on any atom is -0.464 e. The predicted molar refractivity (Wildman–Crippen MR) is 71.3 cm³/mol. The highest BCUT2D eigenvalue weighted by Crippen LogP contribution is 2.24. The molecule has 0 spiro atoms. The van der Waals surface area contributed by atoms with Crippen LogP contribution in [0.2, 0.25) is 0 Å². The Morgan fingerprint density at radius 3 is 2.41 bits per heavy atom. The first-order valence-corrected chi connectivity index (χ1v) is 6.81. The first-order valence-electron chi connectivity index (χ1n) is 5.59. The monoisotopic (exact) mass is 253 g/mol. The maximum absolute atomic E-state index is 12.0. The fourth-order valence-electron chi connectivity index (χ4n) is 1.56. The summed E-state index contributed by atoms with van der Waals surface area (Å²) in [6, 6.07) is 7.93. The third-order valence-corrected chi connectivity index (χ3v) is 3.59. The zero-order valence-corrected chi connectivity index (χ0v) is 11.6. The van der Waals surface area contributed by atoms with Crippen LogP contribution in [0.4, 0.5) is 0 Å². The number of ether oxygens (including phenoxy) is 1. The highest BCUT2D eigenvalue weighted by Gasteiger charge is 2.34. The second-order valence-electron chi connectivity index (χ2n) is 3.82. The summed E-state index contributed by atoms with van der Waals surface area (Å²) in [4.78, 5) is 13.1. The average molecular weight is 253 g/mol. The van der Waals surface area contributed by atoms with Gasteiger partial charge < -0.3 is 10.1 Å². The Morgan fingerprint density at radius 1 is 1.41 bits per heavy atom. The molecule has 3 nitrogen and oxygen atoms in total. The molecule has 0 aliphatic carbocycles. The van der Waals surface area contributed by atoms with Gasteiger partial charge in [-0.15, -0.1) is 11.8 Å². The summed E-state index contributed by atoms with van der Waals surface area (Å²) in [7, 11) is 1.76. The molecule has 1 N–H and O–H groups in total. The zero-order chi connectivity index (χ0) is 12.9. The molecule has 0 heterocycles. The van der Waals surface area contributed by atoms with Gasteiger partial charge in [-0.2, -0.15) is 0 Å². The third kappa shape index (κ3) is 3.01. The molecule has 4 heteroatoms. The number of benzene rings is 1. The molecule has 1 aromatic carbocycles.